The Labute approximate surface area is 345 Å². The average molecular weight is 809 g/mol. The first-order chi connectivity index (χ1) is 27.9. The zero-order valence-electron chi connectivity index (χ0n) is 35.0. The number of nitrogens with zero attached hydrogens (tertiary/aromatic N) is 1. The highest BCUT2D eigenvalue weighted by atomic mass is 28.3. The van der Waals surface area contributed by atoms with Crippen molar-refractivity contribution in [3.05, 3.63) is 125 Å². The van der Waals surface area contributed by atoms with Crippen LogP contribution in [0.25, 0.3) is 0 Å². The Morgan fingerprint density at radius 3 is 2.40 bits per heavy atom. The third-order valence-electron chi connectivity index (χ3n) is 11.0. The van der Waals surface area contributed by atoms with Crippen molar-refractivity contribution in [2.45, 2.75) is 89.1 Å². The van der Waals surface area contributed by atoms with Gasteiger partial charge in [-0.25, -0.2) is 4.79 Å². The van der Waals surface area contributed by atoms with Gasteiger partial charge in [0.25, 0.3) is 0 Å². The van der Waals surface area contributed by atoms with Crippen molar-refractivity contribution >= 4 is 25.8 Å². The van der Waals surface area contributed by atoms with Gasteiger partial charge >= 0.3 is 6.09 Å². The van der Waals surface area contributed by atoms with Crippen LogP contribution in [0.4, 0.5) is 10.5 Å². The molecule has 0 aromatic heterocycles. The number of anilines is 1. The lowest BCUT2D eigenvalue weighted by Crippen LogP contribution is -2.47. The van der Waals surface area contributed by atoms with Crippen LogP contribution in [0.1, 0.15) is 66.5 Å². The summed E-state index contributed by atoms with van der Waals surface area (Å²) in [6.45, 7) is 14.5. The molecule has 0 aliphatic carbocycles. The number of ether oxygens (including phenoxy) is 6. The maximum absolute atomic E-state index is 13.5. The summed E-state index contributed by atoms with van der Waals surface area (Å²) in [5, 5.41) is 3.16. The molecule has 310 valence electrons. The summed E-state index contributed by atoms with van der Waals surface area (Å²) in [6, 6.07) is 32.8. The Bertz CT molecular complexity index is 1950. The maximum atomic E-state index is 13.5. The number of likely N-dealkylation sites (tertiary alicyclic amines) is 1. The van der Waals surface area contributed by atoms with Gasteiger partial charge in [0.1, 0.15) is 24.2 Å². The van der Waals surface area contributed by atoms with Crippen LogP contribution in [-0.4, -0.2) is 77.7 Å². The molecule has 4 aromatic rings. The molecule has 1 N–H and O–H groups in total. The molecule has 58 heavy (non-hydrogen) atoms. The second-order valence-electron chi connectivity index (χ2n) is 16.9. The number of benzene rings is 4. The van der Waals surface area contributed by atoms with Gasteiger partial charge in [-0.1, -0.05) is 98.5 Å². The van der Waals surface area contributed by atoms with E-state index >= 15 is 0 Å². The van der Waals surface area contributed by atoms with Crippen LogP contribution in [-0.2, 0) is 42.4 Å². The van der Waals surface area contributed by atoms with E-state index in [4.69, 9.17) is 28.4 Å². The van der Waals surface area contributed by atoms with Crippen molar-refractivity contribution < 1.29 is 38.0 Å². The molecule has 0 saturated carbocycles. The number of piperidine rings is 1. The van der Waals surface area contributed by atoms with Crippen LogP contribution >= 0.6 is 0 Å². The Hall–Kier alpha value is -4.68. The van der Waals surface area contributed by atoms with Crippen LogP contribution in [0, 0.1) is 0 Å². The summed E-state index contributed by atoms with van der Waals surface area (Å²) in [6.07, 6.45) is 0.162. The molecule has 2 heterocycles. The number of fused-ring (bicyclic) bond motifs is 1. The molecule has 0 spiro atoms. The number of para-hydroxylation sites is 2. The Kier molecular flexibility index (Phi) is 14.7. The molecule has 11 heteroatoms. The lowest BCUT2D eigenvalue weighted by Gasteiger charge is -2.40. The van der Waals surface area contributed by atoms with Crippen molar-refractivity contribution in [2.75, 3.05) is 51.9 Å². The molecule has 0 radical (unpaired) electrons. The SMILES string of the molecule is COc1ccccc1COCCCOc1ccc(C2CCN(C(=O)OCc3ccccc3)CC2OC(COCC[Si](C)(C)C)c2cccc3c2NC(=O)C3(C)C)cc1. The minimum Gasteiger partial charge on any atom is -0.496 e. The monoisotopic (exact) mass is 808 g/mol. The number of rotatable bonds is 19. The molecule has 10 nitrogen and oxygen atoms in total. The Morgan fingerprint density at radius 2 is 1.64 bits per heavy atom. The number of carbonyl (C=O) groups excluding carboxylic acids is 2. The summed E-state index contributed by atoms with van der Waals surface area (Å²) < 4.78 is 36.7. The van der Waals surface area contributed by atoms with Gasteiger partial charge in [0.15, 0.2) is 0 Å². The van der Waals surface area contributed by atoms with Gasteiger partial charge in [-0.05, 0) is 61.2 Å². The molecule has 1 fully saturated rings. The van der Waals surface area contributed by atoms with E-state index in [-0.39, 0.29) is 24.5 Å². The highest BCUT2D eigenvalue weighted by Crippen LogP contribution is 2.43. The van der Waals surface area contributed by atoms with Gasteiger partial charge in [0, 0.05) is 44.7 Å². The predicted octanol–water partition coefficient (Wildman–Crippen LogP) is 9.52. The van der Waals surface area contributed by atoms with Gasteiger partial charge in [-0.2, -0.15) is 0 Å². The molecule has 3 atom stereocenters. The Morgan fingerprint density at radius 1 is 0.879 bits per heavy atom. The zero-order valence-corrected chi connectivity index (χ0v) is 36.0. The second-order valence-corrected chi connectivity index (χ2v) is 22.5. The predicted molar refractivity (Wildman–Crippen MR) is 229 cm³/mol. The van der Waals surface area contributed by atoms with Crippen molar-refractivity contribution in [1.82, 2.24) is 4.90 Å². The largest absolute Gasteiger partial charge is 0.496 e. The van der Waals surface area contributed by atoms with E-state index in [1.807, 2.05) is 98.8 Å². The third kappa shape index (κ3) is 11.3. The molecule has 3 unspecified atom stereocenters. The van der Waals surface area contributed by atoms with Crippen molar-refractivity contribution in [2.24, 2.45) is 0 Å². The quantitative estimate of drug-likeness (QED) is 0.0739. The number of amides is 2. The standard InChI is InChI=1S/C47H60N2O8Si/c1-47(2)40-18-12-17-39(44(40)48-45(47)50)43(33-54-28-29-58(4,5)6)57-42-30-49(46(51)56-31-34-14-8-7-9-15-34)25-24-38(42)35-20-22-37(23-21-35)55-27-13-26-53-32-36-16-10-11-19-41(36)52-3/h7-12,14-23,38,42-43H,13,24-33H2,1-6H3,(H,48,50). The fourth-order valence-corrected chi connectivity index (χ4v) is 8.21. The molecule has 6 rings (SSSR count). The van der Waals surface area contributed by atoms with E-state index in [9.17, 15) is 9.59 Å². The van der Waals surface area contributed by atoms with E-state index in [1.54, 1.807) is 12.0 Å². The minimum absolute atomic E-state index is 0.0251. The van der Waals surface area contributed by atoms with Gasteiger partial charge in [-0.3, -0.25) is 4.79 Å². The number of methoxy groups -OCH3 is 1. The molecule has 2 aliphatic rings. The lowest BCUT2D eigenvalue weighted by molar-refractivity contribution is -0.119. The molecule has 0 bridgehead atoms. The molecular formula is C47H60N2O8Si. The van der Waals surface area contributed by atoms with Gasteiger partial charge in [-0.15, -0.1) is 0 Å². The fraction of sp³-hybridized carbons (Fsp3) is 0.447. The summed E-state index contributed by atoms with van der Waals surface area (Å²) in [5.74, 6) is 1.53. The van der Waals surface area contributed by atoms with Crippen molar-refractivity contribution in [1.29, 1.82) is 0 Å². The smallest absolute Gasteiger partial charge is 0.410 e. The number of hydrogen-bond donors (Lipinski definition) is 1. The van der Waals surface area contributed by atoms with Crippen LogP contribution in [0.2, 0.25) is 25.7 Å². The van der Waals surface area contributed by atoms with Crippen LogP contribution in [0.3, 0.4) is 0 Å². The zero-order chi connectivity index (χ0) is 41.1. The van der Waals surface area contributed by atoms with Gasteiger partial charge < -0.3 is 38.6 Å². The Balaban J connectivity index is 1.17. The van der Waals surface area contributed by atoms with Gasteiger partial charge in [0.2, 0.25) is 5.91 Å². The van der Waals surface area contributed by atoms with E-state index in [0.717, 1.165) is 57.5 Å². The summed E-state index contributed by atoms with van der Waals surface area (Å²) >= 11 is 0. The molecular weight excluding hydrogens is 749 g/mol. The van der Waals surface area contributed by atoms with Crippen molar-refractivity contribution in [3.8, 4) is 11.5 Å². The first-order valence-corrected chi connectivity index (χ1v) is 24.2. The van der Waals surface area contributed by atoms with Crippen LogP contribution in [0.15, 0.2) is 97.1 Å². The summed E-state index contributed by atoms with van der Waals surface area (Å²) in [7, 11) is 0.323. The lowest BCUT2D eigenvalue weighted by atomic mass is 9.84. The van der Waals surface area contributed by atoms with E-state index in [2.05, 4.69) is 37.1 Å². The third-order valence-corrected chi connectivity index (χ3v) is 12.7. The number of nitrogens with one attached hydrogen (secondary N) is 1. The molecule has 2 amide bonds. The van der Waals surface area contributed by atoms with Gasteiger partial charge in [0.05, 0.1) is 57.3 Å². The first-order valence-electron chi connectivity index (χ1n) is 20.5. The highest BCUT2D eigenvalue weighted by molar-refractivity contribution is 6.76. The van der Waals surface area contributed by atoms with E-state index < -0.39 is 25.7 Å². The summed E-state index contributed by atoms with van der Waals surface area (Å²) in [5.41, 5.74) is 4.98. The average Bonchev–Trinajstić information content (AvgIpc) is 3.46. The maximum Gasteiger partial charge on any atom is 0.410 e. The number of hydrogen-bond acceptors (Lipinski definition) is 8. The van der Waals surface area contributed by atoms with Crippen LogP contribution < -0.4 is 14.8 Å². The molecule has 2 aliphatic heterocycles. The minimum atomic E-state index is -1.34. The topological polar surface area (TPSA) is 105 Å². The first kappa shape index (κ1) is 42.9. The number of carbonyl (C=O) groups is 2. The van der Waals surface area contributed by atoms with Crippen LogP contribution in [0.5, 0.6) is 11.5 Å². The van der Waals surface area contributed by atoms with E-state index in [1.165, 1.54) is 0 Å². The van der Waals surface area contributed by atoms with Crippen molar-refractivity contribution in [3.63, 3.8) is 0 Å². The molecule has 1 saturated heterocycles. The normalized spacial score (nSPS) is 18.0. The summed E-state index contributed by atoms with van der Waals surface area (Å²) in [4.78, 5) is 28.5. The fourth-order valence-electron chi connectivity index (χ4n) is 7.45. The van der Waals surface area contributed by atoms with E-state index in [0.29, 0.717) is 52.5 Å². The second kappa shape index (κ2) is 19.8. The highest BCUT2D eigenvalue weighted by Gasteiger charge is 2.42. The molecule has 4 aromatic carbocycles.